The number of nitrogens with two attached hydrogens (primary N) is 1. The van der Waals surface area contributed by atoms with Gasteiger partial charge in [0.1, 0.15) is 5.82 Å². The first-order valence-electron chi connectivity index (χ1n) is 7.47. The summed E-state index contributed by atoms with van der Waals surface area (Å²) in [5.41, 5.74) is 8.24. The number of anilines is 1. The number of halogens is 1. The molecule has 0 radical (unpaired) electrons. The van der Waals surface area contributed by atoms with Crippen LogP contribution in [0.2, 0.25) is 0 Å². The molecule has 1 aromatic carbocycles. The molecule has 0 bridgehead atoms. The van der Waals surface area contributed by atoms with E-state index in [2.05, 4.69) is 10.3 Å². The van der Waals surface area contributed by atoms with Crippen molar-refractivity contribution in [3.05, 3.63) is 60.7 Å². The van der Waals surface area contributed by atoms with Crippen LogP contribution in [-0.4, -0.2) is 17.4 Å². The Bertz CT molecular complexity index is 831. The molecule has 3 rings (SSSR count). The number of nitrogens with zero attached hydrogens (tertiary/aromatic N) is 1. The summed E-state index contributed by atoms with van der Waals surface area (Å²) in [4.78, 5) is 16.8. The molecule has 0 aliphatic heterocycles. The van der Waals surface area contributed by atoms with Crippen molar-refractivity contribution < 1.29 is 9.18 Å². The Morgan fingerprint density at radius 2 is 1.83 bits per heavy atom. The molecule has 0 fully saturated rings. The maximum absolute atomic E-state index is 13.2. The third-order valence-electron chi connectivity index (χ3n) is 3.46. The predicted molar refractivity (Wildman–Crippen MR) is 95.2 cm³/mol. The number of hydrogen-bond acceptors (Lipinski definition) is 4. The van der Waals surface area contributed by atoms with Gasteiger partial charge in [0, 0.05) is 35.8 Å². The van der Waals surface area contributed by atoms with E-state index < -0.39 is 0 Å². The Labute approximate surface area is 143 Å². The summed E-state index contributed by atoms with van der Waals surface area (Å²) in [5.74, 6) is -0.401. The number of carbonyl (C=O) groups excluding carboxylic acids is 1. The summed E-state index contributed by atoms with van der Waals surface area (Å²) in [6.45, 7) is 0.305. The van der Waals surface area contributed by atoms with E-state index in [9.17, 15) is 9.18 Å². The number of carbonyl (C=O) groups is 1. The molecule has 0 spiro atoms. The lowest BCUT2D eigenvalue weighted by Gasteiger charge is -2.03. The van der Waals surface area contributed by atoms with Crippen LogP contribution in [0.25, 0.3) is 21.6 Å². The number of benzene rings is 1. The van der Waals surface area contributed by atoms with Crippen LogP contribution in [0.3, 0.4) is 0 Å². The van der Waals surface area contributed by atoms with Gasteiger partial charge in [0.15, 0.2) is 0 Å². The molecule has 2 aromatic heterocycles. The zero-order valence-corrected chi connectivity index (χ0v) is 13.6. The van der Waals surface area contributed by atoms with E-state index in [0.29, 0.717) is 6.54 Å². The fraction of sp³-hybridized carbons (Fsp3) is 0.111. The summed E-state index contributed by atoms with van der Waals surface area (Å²) in [7, 11) is 0. The van der Waals surface area contributed by atoms with Gasteiger partial charge in [-0.1, -0.05) is 12.1 Å². The van der Waals surface area contributed by atoms with Crippen LogP contribution in [0.5, 0.6) is 0 Å². The van der Waals surface area contributed by atoms with Crippen LogP contribution in [-0.2, 0) is 4.79 Å². The van der Waals surface area contributed by atoms with Gasteiger partial charge in [-0.25, -0.2) is 4.39 Å². The highest BCUT2D eigenvalue weighted by molar-refractivity contribution is 7.20. The third-order valence-corrected chi connectivity index (χ3v) is 4.56. The van der Waals surface area contributed by atoms with E-state index in [0.717, 1.165) is 26.6 Å². The molecule has 24 heavy (non-hydrogen) atoms. The van der Waals surface area contributed by atoms with Crippen molar-refractivity contribution >= 4 is 22.2 Å². The Morgan fingerprint density at radius 1 is 1.12 bits per heavy atom. The SMILES string of the molecule is NCCC(=O)Nc1cc(-c2ccc(F)cc2)c(-c2ccncc2)s1. The second-order valence-corrected chi connectivity index (χ2v) is 6.24. The zero-order valence-electron chi connectivity index (χ0n) is 12.8. The average Bonchev–Trinajstić information content (AvgIpc) is 3.00. The highest BCUT2D eigenvalue weighted by Crippen LogP contribution is 2.41. The monoisotopic (exact) mass is 341 g/mol. The molecule has 6 heteroatoms. The third kappa shape index (κ3) is 3.67. The summed E-state index contributed by atoms with van der Waals surface area (Å²) >= 11 is 1.47. The average molecular weight is 341 g/mol. The van der Waals surface area contributed by atoms with Crippen LogP contribution in [0, 0.1) is 5.82 Å². The van der Waals surface area contributed by atoms with Gasteiger partial charge in [-0.15, -0.1) is 11.3 Å². The van der Waals surface area contributed by atoms with Crippen molar-refractivity contribution in [1.82, 2.24) is 4.98 Å². The van der Waals surface area contributed by atoms with Crippen LogP contribution in [0.15, 0.2) is 54.9 Å². The van der Waals surface area contributed by atoms with E-state index in [1.165, 1.54) is 23.5 Å². The van der Waals surface area contributed by atoms with E-state index in [1.807, 2.05) is 18.2 Å². The molecule has 3 N–H and O–H groups in total. The summed E-state index contributed by atoms with van der Waals surface area (Å²) in [5, 5.41) is 3.60. The Balaban J connectivity index is 2.03. The van der Waals surface area contributed by atoms with Crippen molar-refractivity contribution in [3.63, 3.8) is 0 Å². The van der Waals surface area contributed by atoms with Crippen LogP contribution < -0.4 is 11.1 Å². The lowest BCUT2D eigenvalue weighted by Crippen LogP contribution is -2.15. The molecule has 0 saturated heterocycles. The fourth-order valence-corrected chi connectivity index (χ4v) is 3.45. The quantitative estimate of drug-likeness (QED) is 0.739. The topological polar surface area (TPSA) is 68.0 Å². The van der Waals surface area contributed by atoms with Gasteiger partial charge < -0.3 is 11.1 Å². The summed E-state index contributed by atoms with van der Waals surface area (Å²) < 4.78 is 13.2. The van der Waals surface area contributed by atoms with Crippen LogP contribution in [0.4, 0.5) is 9.39 Å². The fourth-order valence-electron chi connectivity index (χ4n) is 2.35. The van der Waals surface area contributed by atoms with E-state index in [4.69, 9.17) is 5.73 Å². The molecule has 2 heterocycles. The van der Waals surface area contributed by atoms with Crippen molar-refractivity contribution in [2.24, 2.45) is 5.73 Å². The smallest absolute Gasteiger partial charge is 0.226 e. The lowest BCUT2D eigenvalue weighted by atomic mass is 10.0. The lowest BCUT2D eigenvalue weighted by molar-refractivity contribution is -0.116. The van der Waals surface area contributed by atoms with Crippen molar-refractivity contribution in [2.75, 3.05) is 11.9 Å². The Morgan fingerprint density at radius 3 is 2.50 bits per heavy atom. The first kappa shape index (κ1) is 16.3. The number of nitrogens with one attached hydrogen (secondary N) is 1. The Hall–Kier alpha value is -2.57. The molecule has 0 aliphatic carbocycles. The van der Waals surface area contributed by atoms with Gasteiger partial charge in [0.05, 0.1) is 5.00 Å². The van der Waals surface area contributed by atoms with E-state index >= 15 is 0 Å². The largest absolute Gasteiger partial charge is 0.330 e. The molecular weight excluding hydrogens is 325 g/mol. The zero-order chi connectivity index (χ0) is 16.9. The van der Waals surface area contributed by atoms with Gasteiger partial charge in [0.2, 0.25) is 5.91 Å². The van der Waals surface area contributed by atoms with E-state index in [1.54, 1.807) is 24.5 Å². The van der Waals surface area contributed by atoms with E-state index in [-0.39, 0.29) is 18.1 Å². The maximum Gasteiger partial charge on any atom is 0.226 e. The van der Waals surface area contributed by atoms with Crippen molar-refractivity contribution in [2.45, 2.75) is 6.42 Å². The molecular formula is C18H16FN3OS. The van der Waals surface area contributed by atoms with Gasteiger partial charge >= 0.3 is 0 Å². The predicted octanol–water partition coefficient (Wildman–Crippen LogP) is 3.90. The van der Waals surface area contributed by atoms with Crippen LogP contribution >= 0.6 is 11.3 Å². The molecule has 1 amide bonds. The highest BCUT2D eigenvalue weighted by atomic mass is 32.1. The first-order chi connectivity index (χ1) is 11.7. The summed E-state index contributed by atoms with van der Waals surface area (Å²) in [6, 6.07) is 12.0. The first-order valence-corrected chi connectivity index (χ1v) is 8.29. The number of rotatable bonds is 5. The van der Waals surface area contributed by atoms with Gasteiger partial charge in [-0.2, -0.15) is 0 Å². The van der Waals surface area contributed by atoms with Crippen LogP contribution in [0.1, 0.15) is 6.42 Å². The Kier molecular flexibility index (Phi) is 4.98. The number of aromatic nitrogens is 1. The second kappa shape index (κ2) is 7.33. The minimum Gasteiger partial charge on any atom is -0.330 e. The second-order valence-electron chi connectivity index (χ2n) is 5.18. The van der Waals surface area contributed by atoms with Gasteiger partial charge in [0.25, 0.3) is 0 Å². The minimum absolute atomic E-state index is 0.120. The molecule has 0 atom stereocenters. The van der Waals surface area contributed by atoms with Crippen molar-refractivity contribution in [3.8, 4) is 21.6 Å². The standard InChI is InChI=1S/C18H16FN3OS/c19-14-3-1-12(2-4-14)15-11-17(22-16(23)5-8-20)24-18(15)13-6-9-21-10-7-13/h1-4,6-7,9-11H,5,8,20H2,(H,22,23). The number of hydrogen-bond donors (Lipinski definition) is 2. The molecule has 0 unspecified atom stereocenters. The van der Waals surface area contributed by atoms with Gasteiger partial charge in [-0.05, 0) is 41.5 Å². The number of amides is 1. The molecule has 3 aromatic rings. The molecule has 0 aliphatic rings. The number of pyridine rings is 1. The highest BCUT2D eigenvalue weighted by Gasteiger charge is 2.14. The maximum atomic E-state index is 13.2. The summed E-state index contributed by atoms with van der Waals surface area (Å²) in [6.07, 6.45) is 3.71. The molecule has 4 nitrogen and oxygen atoms in total. The molecule has 0 saturated carbocycles. The molecule has 122 valence electrons. The van der Waals surface area contributed by atoms with Crippen molar-refractivity contribution in [1.29, 1.82) is 0 Å². The number of thiophene rings is 1. The normalized spacial score (nSPS) is 10.6. The van der Waals surface area contributed by atoms with Gasteiger partial charge in [-0.3, -0.25) is 9.78 Å². The minimum atomic E-state index is -0.282.